The highest BCUT2D eigenvalue weighted by Crippen LogP contribution is 2.32. The van der Waals surface area contributed by atoms with E-state index < -0.39 is 0 Å². The van der Waals surface area contributed by atoms with Gasteiger partial charge in [0, 0.05) is 42.4 Å². The number of aromatic nitrogens is 7. The van der Waals surface area contributed by atoms with Crippen LogP contribution in [0.15, 0.2) is 59.0 Å². The molecule has 49 heavy (non-hydrogen) atoms. The number of aryl methyl sites for hydroxylation is 1. The largest absolute Gasteiger partial charge is 0.508 e. The first-order valence-electron chi connectivity index (χ1n) is 15.9. The summed E-state index contributed by atoms with van der Waals surface area (Å²) in [5.41, 5.74) is 9.46. The first-order chi connectivity index (χ1) is 23.9. The zero-order valence-corrected chi connectivity index (χ0v) is 27.6. The average Bonchev–Trinajstić information content (AvgIpc) is 3.70. The molecule has 14 heteroatoms. The predicted molar refractivity (Wildman–Crippen MR) is 186 cm³/mol. The standard InChI is InChI=1S/C35H33N9O4S/c1-22-39-25(20-49-22)18-43-28(19-44-34-31(33(36)37-21-38-34)32(41-44)24-9-5-10-26(45)17-24)40-27-11-6-8-23(30(27)35(43)47)7-3-2-4-12-29(46)42-13-15-48-16-14-42/h5-6,8-11,17,20-21,45H,2,4,12-16,18-19H2,1H3,(H2,36,37,38). The first-order valence-corrected chi connectivity index (χ1v) is 16.8. The fraction of sp³-hybridized carbons (Fsp3) is 0.286. The van der Waals surface area contributed by atoms with E-state index in [2.05, 4.69) is 26.8 Å². The van der Waals surface area contributed by atoms with Gasteiger partial charge in [0.05, 0.1) is 46.7 Å². The van der Waals surface area contributed by atoms with Gasteiger partial charge in [-0.2, -0.15) is 5.10 Å². The number of phenolic OH excluding ortho intramolecular Hbond substituents is 1. The number of carbonyl (C=O) groups excluding carboxylic acids is 1. The molecular weight excluding hydrogens is 643 g/mol. The van der Waals surface area contributed by atoms with E-state index in [-0.39, 0.29) is 36.1 Å². The molecule has 13 nitrogen and oxygen atoms in total. The van der Waals surface area contributed by atoms with E-state index in [9.17, 15) is 14.7 Å². The minimum absolute atomic E-state index is 0.0830. The molecule has 5 heterocycles. The van der Waals surface area contributed by atoms with Crippen LogP contribution < -0.4 is 11.3 Å². The highest BCUT2D eigenvalue weighted by Gasteiger charge is 2.21. The summed E-state index contributed by atoms with van der Waals surface area (Å²) in [6, 6.07) is 12.2. The number of rotatable bonds is 8. The van der Waals surface area contributed by atoms with Gasteiger partial charge in [-0.3, -0.25) is 14.2 Å². The highest BCUT2D eigenvalue weighted by molar-refractivity contribution is 7.09. The number of carbonyl (C=O) groups is 1. The van der Waals surface area contributed by atoms with Crippen molar-refractivity contribution in [3.63, 3.8) is 0 Å². The third-order valence-corrected chi connectivity index (χ3v) is 9.12. The van der Waals surface area contributed by atoms with Crippen molar-refractivity contribution in [2.45, 2.75) is 39.3 Å². The average molecular weight is 676 g/mol. The van der Waals surface area contributed by atoms with Crippen LogP contribution in [0.2, 0.25) is 0 Å². The van der Waals surface area contributed by atoms with Gasteiger partial charge in [-0.25, -0.2) is 24.6 Å². The number of aromatic hydroxyl groups is 1. The SMILES string of the molecule is Cc1nc(Cn2c(Cn3nc(-c4cccc(O)c4)c4c(N)ncnc43)nc3cccc(C#CCCCC(=O)N4CCOCC4)c3c2=O)cs1. The van der Waals surface area contributed by atoms with Crippen molar-refractivity contribution >= 4 is 45.0 Å². The lowest BCUT2D eigenvalue weighted by atomic mass is 10.1. The number of hydrogen-bond donors (Lipinski definition) is 2. The number of hydrogen-bond acceptors (Lipinski definition) is 11. The molecule has 7 rings (SSSR count). The van der Waals surface area contributed by atoms with Crippen LogP contribution in [0.4, 0.5) is 5.82 Å². The molecule has 0 unspecified atom stereocenters. The van der Waals surface area contributed by atoms with Crippen molar-refractivity contribution in [1.82, 2.24) is 39.2 Å². The van der Waals surface area contributed by atoms with E-state index in [1.807, 2.05) is 35.4 Å². The normalized spacial score (nSPS) is 13.1. The molecule has 0 radical (unpaired) electrons. The number of unbranched alkanes of at least 4 members (excludes halogenated alkanes) is 1. The summed E-state index contributed by atoms with van der Waals surface area (Å²) in [5.74, 6) is 7.21. The van der Waals surface area contributed by atoms with Crippen LogP contribution in [-0.2, 0) is 22.6 Å². The number of nitrogen functional groups attached to an aromatic ring is 1. The summed E-state index contributed by atoms with van der Waals surface area (Å²) in [5, 5.41) is 18.8. The lowest BCUT2D eigenvalue weighted by Crippen LogP contribution is -2.40. The van der Waals surface area contributed by atoms with E-state index >= 15 is 0 Å². The fourth-order valence-electron chi connectivity index (χ4n) is 5.93. The molecule has 2 aromatic carbocycles. The first kappa shape index (κ1) is 31.9. The molecule has 1 aliphatic heterocycles. The monoisotopic (exact) mass is 675 g/mol. The van der Waals surface area contributed by atoms with Gasteiger partial charge >= 0.3 is 0 Å². The van der Waals surface area contributed by atoms with Crippen molar-refractivity contribution in [3.05, 3.63) is 86.6 Å². The second kappa shape index (κ2) is 13.8. The van der Waals surface area contributed by atoms with Crippen molar-refractivity contribution in [1.29, 1.82) is 0 Å². The maximum absolute atomic E-state index is 14.4. The molecule has 3 N–H and O–H groups in total. The van der Waals surface area contributed by atoms with Crippen LogP contribution in [0.1, 0.15) is 41.4 Å². The number of thiazole rings is 1. The predicted octanol–water partition coefficient (Wildman–Crippen LogP) is 3.73. The minimum atomic E-state index is -0.253. The third-order valence-electron chi connectivity index (χ3n) is 8.30. The number of morpholine rings is 1. The number of benzene rings is 2. The maximum Gasteiger partial charge on any atom is 0.263 e. The Morgan fingerprint density at radius 2 is 1.92 bits per heavy atom. The number of amides is 1. The molecule has 0 bridgehead atoms. The van der Waals surface area contributed by atoms with Gasteiger partial charge in [0.2, 0.25) is 5.91 Å². The minimum Gasteiger partial charge on any atom is -0.508 e. The number of phenols is 1. The topological polar surface area (TPSA) is 167 Å². The molecule has 0 aliphatic carbocycles. The lowest BCUT2D eigenvalue weighted by Gasteiger charge is -2.26. The van der Waals surface area contributed by atoms with Crippen LogP contribution >= 0.6 is 11.3 Å². The molecule has 248 valence electrons. The molecule has 6 aromatic rings. The molecular formula is C35H33N9O4S. The smallest absolute Gasteiger partial charge is 0.263 e. The number of fused-ring (bicyclic) bond motifs is 2. The Bertz CT molecular complexity index is 2310. The Kier molecular flexibility index (Phi) is 9.01. The summed E-state index contributed by atoms with van der Waals surface area (Å²) in [6.45, 7) is 4.60. The van der Waals surface area contributed by atoms with Crippen LogP contribution in [0, 0.1) is 18.8 Å². The molecule has 0 atom stereocenters. The van der Waals surface area contributed by atoms with E-state index in [0.717, 1.165) is 10.7 Å². The Morgan fingerprint density at radius 3 is 2.71 bits per heavy atom. The summed E-state index contributed by atoms with van der Waals surface area (Å²) < 4.78 is 8.59. The van der Waals surface area contributed by atoms with E-state index in [1.165, 1.54) is 17.7 Å². The Hall–Kier alpha value is -5.65. The zero-order chi connectivity index (χ0) is 33.9. The van der Waals surface area contributed by atoms with Crippen LogP contribution in [-0.4, -0.2) is 76.5 Å². The van der Waals surface area contributed by atoms with Crippen molar-refractivity contribution in [2.75, 3.05) is 32.0 Å². The van der Waals surface area contributed by atoms with Gasteiger partial charge < -0.3 is 20.5 Å². The van der Waals surface area contributed by atoms with E-state index in [0.29, 0.717) is 90.1 Å². The molecule has 1 fully saturated rings. The van der Waals surface area contributed by atoms with Gasteiger partial charge in [0.1, 0.15) is 36.0 Å². The number of nitrogens with zero attached hydrogens (tertiary/aromatic N) is 8. The van der Waals surface area contributed by atoms with Crippen LogP contribution in [0.3, 0.4) is 0 Å². The number of nitrogens with two attached hydrogens (primary N) is 1. The Morgan fingerprint density at radius 1 is 1.08 bits per heavy atom. The number of ether oxygens (including phenoxy) is 1. The van der Waals surface area contributed by atoms with E-state index in [4.69, 9.17) is 20.6 Å². The molecule has 0 saturated carbocycles. The zero-order valence-electron chi connectivity index (χ0n) is 26.8. The van der Waals surface area contributed by atoms with E-state index in [1.54, 1.807) is 33.5 Å². The Labute approximate surface area is 285 Å². The lowest BCUT2D eigenvalue weighted by molar-refractivity contribution is -0.135. The Balaban J connectivity index is 1.25. The quantitative estimate of drug-likeness (QED) is 0.179. The molecule has 1 amide bonds. The maximum atomic E-state index is 14.4. The second-order valence-electron chi connectivity index (χ2n) is 11.6. The van der Waals surface area contributed by atoms with Gasteiger partial charge in [-0.15, -0.1) is 11.3 Å². The third kappa shape index (κ3) is 6.71. The summed E-state index contributed by atoms with van der Waals surface area (Å²) >= 11 is 1.51. The van der Waals surface area contributed by atoms with Gasteiger partial charge in [0.15, 0.2) is 5.65 Å². The van der Waals surface area contributed by atoms with Gasteiger partial charge in [0.25, 0.3) is 5.56 Å². The van der Waals surface area contributed by atoms with Crippen molar-refractivity contribution in [2.24, 2.45) is 0 Å². The van der Waals surface area contributed by atoms with Crippen molar-refractivity contribution < 1.29 is 14.6 Å². The molecule has 4 aromatic heterocycles. The molecule has 1 saturated heterocycles. The van der Waals surface area contributed by atoms with Gasteiger partial charge in [-0.1, -0.05) is 30.0 Å². The van der Waals surface area contributed by atoms with Crippen LogP contribution in [0.5, 0.6) is 5.75 Å². The summed E-state index contributed by atoms with van der Waals surface area (Å²) in [4.78, 5) is 47.0. The van der Waals surface area contributed by atoms with Crippen LogP contribution in [0.25, 0.3) is 33.2 Å². The highest BCUT2D eigenvalue weighted by atomic mass is 32.1. The van der Waals surface area contributed by atoms with Crippen molar-refractivity contribution in [3.8, 4) is 28.8 Å². The van der Waals surface area contributed by atoms with Gasteiger partial charge in [-0.05, 0) is 37.6 Å². The molecule has 0 spiro atoms. The molecule has 1 aliphatic rings. The summed E-state index contributed by atoms with van der Waals surface area (Å²) in [6.07, 6.45) is 2.93. The fourth-order valence-corrected chi connectivity index (χ4v) is 6.53. The second-order valence-corrected chi connectivity index (χ2v) is 12.7. The number of anilines is 1. The summed E-state index contributed by atoms with van der Waals surface area (Å²) in [7, 11) is 0.